The number of aromatic nitrogens is 3. The van der Waals surface area contributed by atoms with Crippen LogP contribution in [0.1, 0.15) is 115 Å². The summed E-state index contributed by atoms with van der Waals surface area (Å²) in [6.07, 6.45) is 13.3. The predicted octanol–water partition coefficient (Wildman–Crippen LogP) is 7.27. The standard InChI is InChI=1S/C26H43N5O/c1-6-7-8-9-10-11-12-13-14-18-30-19-28-26(29-30)31(25(27)32)24-22(20(2)3)16-15-17-23(24)21(4)5/h15-17,19-21H,6-14,18H2,1-5H3,(H2,27,32). The number of rotatable bonds is 14. The molecule has 0 saturated heterocycles. The van der Waals surface area contributed by atoms with E-state index in [0.717, 1.165) is 29.8 Å². The third kappa shape index (κ3) is 7.35. The molecule has 6 nitrogen and oxygen atoms in total. The van der Waals surface area contributed by atoms with Crippen LogP contribution in [0.25, 0.3) is 0 Å². The Hall–Kier alpha value is -2.37. The fourth-order valence-electron chi connectivity index (χ4n) is 4.16. The van der Waals surface area contributed by atoms with E-state index < -0.39 is 6.03 Å². The van der Waals surface area contributed by atoms with Crippen molar-refractivity contribution in [2.75, 3.05) is 4.90 Å². The number of hydrogen-bond acceptors (Lipinski definition) is 3. The molecular formula is C26H43N5O. The van der Waals surface area contributed by atoms with Gasteiger partial charge in [0.1, 0.15) is 6.33 Å². The maximum atomic E-state index is 12.5. The van der Waals surface area contributed by atoms with Crippen molar-refractivity contribution in [3.05, 3.63) is 35.7 Å². The van der Waals surface area contributed by atoms with E-state index in [1.807, 2.05) is 10.7 Å². The molecule has 6 heteroatoms. The Balaban J connectivity index is 2.05. The summed E-state index contributed by atoms with van der Waals surface area (Å²) in [6, 6.07) is 5.60. The number of primary amides is 1. The summed E-state index contributed by atoms with van der Waals surface area (Å²) in [5, 5.41) is 4.61. The molecule has 0 bridgehead atoms. The minimum absolute atomic E-state index is 0.245. The van der Waals surface area contributed by atoms with Gasteiger partial charge in [0.15, 0.2) is 0 Å². The zero-order chi connectivity index (χ0) is 23.5. The van der Waals surface area contributed by atoms with Gasteiger partial charge in [0.2, 0.25) is 0 Å². The van der Waals surface area contributed by atoms with Gasteiger partial charge in [0, 0.05) is 6.54 Å². The molecule has 0 spiro atoms. The number of urea groups is 1. The first kappa shape index (κ1) is 25.9. The zero-order valence-corrected chi connectivity index (χ0v) is 20.8. The number of anilines is 2. The van der Waals surface area contributed by atoms with Gasteiger partial charge in [-0.1, -0.05) is 104 Å². The summed E-state index contributed by atoms with van der Waals surface area (Å²) in [7, 11) is 0. The molecule has 0 aliphatic heterocycles. The molecule has 0 atom stereocenters. The number of hydrogen-bond donors (Lipinski definition) is 1. The van der Waals surface area contributed by atoms with Gasteiger partial charge in [-0.25, -0.2) is 9.69 Å². The van der Waals surface area contributed by atoms with Crippen molar-refractivity contribution in [1.29, 1.82) is 0 Å². The van der Waals surface area contributed by atoms with Crippen LogP contribution in [0.5, 0.6) is 0 Å². The first-order valence-corrected chi connectivity index (χ1v) is 12.5. The third-order valence-corrected chi connectivity index (χ3v) is 6.00. The largest absolute Gasteiger partial charge is 0.351 e. The number of carbonyl (C=O) groups is 1. The molecule has 2 amide bonds. The fraction of sp³-hybridized carbons (Fsp3) is 0.654. The number of nitrogens with two attached hydrogens (primary N) is 1. The normalized spacial score (nSPS) is 11.5. The summed E-state index contributed by atoms with van der Waals surface area (Å²) in [6.45, 7) is 11.6. The van der Waals surface area contributed by atoms with Crippen LogP contribution < -0.4 is 10.6 Å². The summed E-state index contributed by atoms with van der Waals surface area (Å²) in [5.74, 6) is 0.840. The van der Waals surface area contributed by atoms with Gasteiger partial charge in [-0.2, -0.15) is 4.98 Å². The molecule has 0 radical (unpaired) electrons. The Morgan fingerprint density at radius 3 is 1.97 bits per heavy atom. The molecule has 2 N–H and O–H groups in total. The van der Waals surface area contributed by atoms with Gasteiger partial charge in [-0.15, -0.1) is 5.10 Å². The highest BCUT2D eigenvalue weighted by molar-refractivity contribution is 5.98. The zero-order valence-electron chi connectivity index (χ0n) is 20.8. The lowest BCUT2D eigenvalue weighted by Gasteiger charge is -2.26. The molecule has 2 aromatic rings. The van der Waals surface area contributed by atoms with Crippen molar-refractivity contribution in [3.8, 4) is 0 Å². The highest BCUT2D eigenvalue weighted by Crippen LogP contribution is 2.37. The van der Waals surface area contributed by atoms with E-state index in [4.69, 9.17) is 5.73 Å². The van der Waals surface area contributed by atoms with E-state index in [2.05, 4.69) is 56.8 Å². The molecule has 0 unspecified atom stereocenters. The summed E-state index contributed by atoms with van der Waals surface area (Å²) in [5.41, 5.74) is 8.82. The van der Waals surface area contributed by atoms with Crippen molar-refractivity contribution in [3.63, 3.8) is 0 Å². The lowest BCUT2D eigenvalue weighted by Crippen LogP contribution is -2.34. The molecule has 0 aliphatic rings. The highest BCUT2D eigenvalue weighted by Gasteiger charge is 2.26. The van der Waals surface area contributed by atoms with E-state index in [-0.39, 0.29) is 11.8 Å². The predicted molar refractivity (Wildman–Crippen MR) is 134 cm³/mol. The second-order valence-electron chi connectivity index (χ2n) is 9.40. The monoisotopic (exact) mass is 441 g/mol. The smallest absolute Gasteiger partial charge is 0.326 e. The molecule has 1 heterocycles. The van der Waals surface area contributed by atoms with Crippen LogP contribution in [-0.4, -0.2) is 20.8 Å². The van der Waals surface area contributed by atoms with Gasteiger partial charge in [-0.3, -0.25) is 4.68 Å². The average molecular weight is 442 g/mol. The fourth-order valence-corrected chi connectivity index (χ4v) is 4.16. The van der Waals surface area contributed by atoms with Crippen molar-refractivity contribution in [2.24, 2.45) is 5.73 Å². The maximum Gasteiger partial charge on any atom is 0.326 e. The van der Waals surface area contributed by atoms with Crippen molar-refractivity contribution in [1.82, 2.24) is 14.8 Å². The second kappa shape index (κ2) is 13.2. The topological polar surface area (TPSA) is 77.0 Å². The van der Waals surface area contributed by atoms with E-state index in [1.165, 1.54) is 56.3 Å². The molecule has 0 fully saturated rings. The number of nitrogens with zero attached hydrogens (tertiary/aromatic N) is 4. The van der Waals surface area contributed by atoms with E-state index in [0.29, 0.717) is 5.95 Å². The molecule has 32 heavy (non-hydrogen) atoms. The Morgan fingerprint density at radius 1 is 0.938 bits per heavy atom. The number of carbonyl (C=O) groups excluding carboxylic acids is 1. The van der Waals surface area contributed by atoms with Crippen LogP contribution in [0.2, 0.25) is 0 Å². The van der Waals surface area contributed by atoms with Crippen molar-refractivity contribution in [2.45, 2.75) is 111 Å². The quantitative estimate of drug-likeness (QED) is 0.313. The Kier molecular flexibility index (Phi) is 10.7. The van der Waals surface area contributed by atoms with Gasteiger partial charge >= 0.3 is 6.03 Å². The second-order valence-corrected chi connectivity index (χ2v) is 9.40. The number of aryl methyl sites for hydroxylation is 1. The lowest BCUT2D eigenvalue weighted by atomic mass is 9.92. The van der Waals surface area contributed by atoms with Crippen LogP contribution in [0, 0.1) is 0 Å². The van der Waals surface area contributed by atoms with Crippen LogP contribution in [0.4, 0.5) is 16.4 Å². The molecule has 0 saturated carbocycles. The first-order chi connectivity index (χ1) is 15.4. The molecular weight excluding hydrogens is 398 g/mol. The van der Waals surface area contributed by atoms with Crippen LogP contribution in [0.3, 0.4) is 0 Å². The SMILES string of the molecule is CCCCCCCCCCCn1cnc(N(C(N)=O)c2c(C(C)C)cccc2C(C)C)n1. The van der Waals surface area contributed by atoms with Crippen molar-refractivity contribution < 1.29 is 4.79 Å². The van der Waals surface area contributed by atoms with Gasteiger partial charge in [-0.05, 0) is 29.4 Å². The number of para-hydroxylation sites is 1. The minimum Gasteiger partial charge on any atom is -0.351 e. The Labute approximate surface area is 194 Å². The molecule has 2 rings (SSSR count). The third-order valence-electron chi connectivity index (χ3n) is 6.00. The maximum absolute atomic E-state index is 12.5. The molecule has 1 aromatic carbocycles. The number of unbranched alkanes of at least 4 members (excludes halogenated alkanes) is 8. The van der Waals surface area contributed by atoms with E-state index >= 15 is 0 Å². The highest BCUT2D eigenvalue weighted by atomic mass is 16.2. The Morgan fingerprint density at radius 2 is 1.47 bits per heavy atom. The summed E-state index contributed by atoms with van der Waals surface area (Å²) in [4.78, 5) is 18.5. The van der Waals surface area contributed by atoms with Gasteiger partial charge < -0.3 is 5.73 Å². The molecule has 178 valence electrons. The van der Waals surface area contributed by atoms with Crippen LogP contribution in [-0.2, 0) is 6.54 Å². The molecule has 0 aliphatic carbocycles. The van der Waals surface area contributed by atoms with E-state index in [9.17, 15) is 4.79 Å². The molecule has 1 aromatic heterocycles. The Bertz CT molecular complexity index is 801. The number of amides is 2. The van der Waals surface area contributed by atoms with Crippen LogP contribution >= 0.6 is 0 Å². The summed E-state index contributed by atoms with van der Waals surface area (Å²) >= 11 is 0. The first-order valence-electron chi connectivity index (χ1n) is 12.5. The minimum atomic E-state index is -0.555. The van der Waals surface area contributed by atoms with Crippen LogP contribution in [0.15, 0.2) is 24.5 Å². The lowest BCUT2D eigenvalue weighted by molar-refractivity contribution is 0.255. The summed E-state index contributed by atoms with van der Waals surface area (Å²) < 4.78 is 1.83. The van der Waals surface area contributed by atoms with E-state index in [1.54, 1.807) is 6.33 Å². The average Bonchev–Trinajstić information content (AvgIpc) is 3.20. The van der Waals surface area contributed by atoms with Gasteiger partial charge in [0.25, 0.3) is 5.95 Å². The van der Waals surface area contributed by atoms with Gasteiger partial charge in [0.05, 0.1) is 5.69 Å². The van der Waals surface area contributed by atoms with Crippen molar-refractivity contribution >= 4 is 17.7 Å². The number of benzene rings is 1.